The van der Waals surface area contributed by atoms with Gasteiger partial charge in [0.2, 0.25) is 0 Å². The van der Waals surface area contributed by atoms with E-state index in [-0.39, 0.29) is 5.47 Å². The van der Waals surface area contributed by atoms with Crippen LogP contribution in [0, 0.1) is 0 Å². The van der Waals surface area contributed by atoms with E-state index in [1.807, 2.05) is 0 Å². The molecule has 4 nitrogen and oxygen atoms in total. The molecule has 2 N–H and O–H groups in total. The summed E-state index contributed by atoms with van der Waals surface area (Å²) in [5.41, 5.74) is 2.72. The van der Waals surface area contributed by atoms with Gasteiger partial charge in [0, 0.05) is 17.9 Å². The molecule has 0 bridgehead atoms. The average Bonchev–Trinajstić information content (AvgIpc) is 3.23. The molecular formula is C14H17BN2O2. The van der Waals surface area contributed by atoms with Crippen molar-refractivity contribution < 1.29 is 10.0 Å². The van der Waals surface area contributed by atoms with Crippen LogP contribution in [0.25, 0.3) is 0 Å². The first-order valence-electron chi connectivity index (χ1n) is 6.31. The van der Waals surface area contributed by atoms with Gasteiger partial charge in [-0.15, -0.1) is 0 Å². The zero-order chi connectivity index (χ0) is 13.7. The van der Waals surface area contributed by atoms with Gasteiger partial charge in [0.1, 0.15) is 0 Å². The van der Waals surface area contributed by atoms with Gasteiger partial charge in [-0.05, 0) is 36.6 Å². The molecule has 0 spiro atoms. The Morgan fingerprint density at radius 1 is 1.32 bits per heavy atom. The van der Waals surface area contributed by atoms with Crippen molar-refractivity contribution in [2.75, 3.05) is 0 Å². The van der Waals surface area contributed by atoms with Crippen LogP contribution in [0.2, 0.25) is 0 Å². The number of nitrogens with zero attached hydrogens (tertiary/aromatic N) is 2. The van der Waals surface area contributed by atoms with E-state index >= 15 is 0 Å². The molecule has 0 amide bonds. The molecule has 98 valence electrons. The fraction of sp³-hybridized carbons (Fsp3) is 0.286. The van der Waals surface area contributed by atoms with Gasteiger partial charge in [0.05, 0.1) is 6.54 Å². The van der Waals surface area contributed by atoms with Crippen molar-refractivity contribution in [3.63, 3.8) is 0 Å². The van der Waals surface area contributed by atoms with Gasteiger partial charge in [-0.2, -0.15) is 0 Å². The molecular weight excluding hydrogens is 239 g/mol. The van der Waals surface area contributed by atoms with Crippen LogP contribution < -0.4 is 0 Å². The number of rotatable bonds is 6. The van der Waals surface area contributed by atoms with Crippen LogP contribution in [-0.2, 0) is 6.54 Å². The summed E-state index contributed by atoms with van der Waals surface area (Å²) < 4.78 is 0. The first-order valence-corrected chi connectivity index (χ1v) is 6.31. The summed E-state index contributed by atoms with van der Waals surface area (Å²) in [5.74, 6) is 0.760. The van der Waals surface area contributed by atoms with E-state index in [1.165, 1.54) is 30.8 Å². The molecule has 2 rings (SSSR count). The van der Waals surface area contributed by atoms with Crippen LogP contribution in [0.1, 0.15) is 29.9 Å². The van der Waals surface area contributed by atoms with Crippen LogP contribution in [0.4, 0.5) is 0 Å². The van der Waals surface area contributed by atoms with Crippen molar-refractivity contribution >= 4 is 20.1 Å². The van der Waals surface area contributed by atoms with E-state index < -0.39 is 7.12 Å². The predicted octanol–water partition coefficient (Wildman–Crippen LogP) is 1.73. The lowest BCUT2D eigenvalue weighted by atomic mass is 9.81. The zero-order valence-electron chi connectivity index (χ0n) is 10.7. The van der Waals surface area contributed by atoms with Gasteiger partial charge < -0.3 is 10.0 Å². The minimum atomic E-state index is -1.58. The summed E-state index contributed by atoms with van der Waals surface area (Å²) in [5, 5.41) is 18.1. The topological polar surface area (TPSA) is 65.2 Å². The summed E-state index contributed by atoms with van der Waals surface area (Å²) >= 11 is 0. The Morgan fingerprint density at radius 3 is 2.53 bits per heavy atom. The third-order valence-electron chi connectivity index (χ3n) is 3.08. The van der Waals surface area contributed by atoms with Crippen molar-refractivity contribution in [3.8, 4) is 0 Å². The molecule has 0 aromatic heterocycles. The third-order valence-corrected chi connectivity index (χ3v) is 3.08. The zero-order valence-corrected chi connectivity index (χ0v) is 10.7. The second-order valence-corrected chi connectivity index (χ2v) is 4.67. The summed E-state index contributed by atoms with van der Waals surface area (Å²) in [4.78, 5) is 7.67. The molecule has 0 aliphatic heterocycles. The largest absolute Gasteiger partial charge is 0.491 e. The van der Waals surface area contributed by atoms with Gasteiger partial charge in [0.25, 0.3) is 0 Å². The number of aliphatic imine (C=N–C) groups is 2. The van der Waals surface area contributed by atoms with Crippen molar-refractivity contribution in [3.05, 3.63) is 47.1 Å². The standard InChI is InChI=1S/C14H17BN2O2/c1-16-9-14(15(18)19)10-17-8-11-2-4-12(5-3-11)13-6-7-13/h2-5,9-10,13,18-19H,1,6-8H2/b14-9+,17-10-. The van der Waals surface area contributed by atoms with E-state index in [2.05, 4.69) is 41.0 Å². The fourth-order valence-corrected chi connectivity index (χ4v) is 1.84. The predicted molar refractivity (Wildman–Crippen MR) is 78.4 cm³/mol. The molecule has 0 radical (unpaired) electrons. The second-order valence-electron chi connectivity index (χ2n) is 4.67. The van der Waals surface area contributed by atoms with Crippen LogP contribution in [-0.4, -0.2) is 30.1 Å². The number of hydrogen-bond acceptors (Lipinski definition) is 4. The molecule has 1 aromatic carbocycles. The number of hydrogen-bond donors (Lipinski definition) is 2. The minimum absolute atomic E-state index is 0.226. The smallest absolute Gasteiger partial charge is 0.423 e. The highest BCUT2D eigenvalue weighted by Gasteiger charge is 2.22. The SMILES string of the molecule is C=N/C=C(\C=N/Cc1ccc(C2CC2)cc1)B(O)O. The minimum Gasteiger partial charge on any atom is -0.423 e. The maximum absolute atomic E-state index is 9.05. The monoisotopic (exact) mass is 256 g/mol. The number of benzene rings is 1. The van der Waals surface area contributed by atoms with Crippen LogP contribution in [0.5, 0.6) is 0 Å². The lowest BCUT2D eigenvalue weighted by molar-refractivity contribution is 0.422. The van der Waals surface area contributed by atoms with E-state index in [1.54, 1.807) is 0 Å². The summed E-state index contributed by atoms with van der Waals surface area (Å²) in [6.07, 6.45) is 5.29. The molecule has 19 heavy (non-hydrogen) atoms. The Kier molecular flexibility index (Phi) is 4.66. The van der Waals surface area contributed by atoms with Crippen LogP contribution >= 0.6 is 0 Å². The molecule has 1 fully saturated rings. The van der Waals surface area contributed by atoms with Gasteiger partial charge in [-0.1, -0.05) is 24.3 Å². The Bertz CT molecular complexity index is 491. The van der Waals surface area contributed by atoms with E-state index in [0.717, 1.165) is 11.5 Å². The highest BCUT2D eigenvalue weighted by atomic mass is 16.4. The fourth-order valence-electron chi connectivity index (χ4n) is 1.84. The molecule has 0 saturated heterocycles. The Balaban J connectivity index is 1.93. The lowest BCUT2D eigenvalue weighted by Gasteiger charge is -2.01. The van der Waals surface area contributed by atoms with Crippen molar-refractivity contribution in [2.24, 2.45) is 9.98 Å². The van der Waals surface area contributed by atoms with Crippen molar-refractivity contribution in [1.82, 2.24) is 0 Å². The van der Waals surface area contributed by atoms with Crippen molar-refractivity contribution in [2.45, 2.75) is 25.3 Å². The maximum Gasteiger partial charge on any atom is 0.491 e. The van der Waals surface area contributed by atoms with Gasteiger partial charge in [-0.3, -0.25) is 9.98 Å². The molecule has 1 aromatic rings. The highest BCUT2D eigenvalue weighted by molar-refractivity contribution is 6.56. The average molecular weight is 256 g/mol. The molecule has 1 aliphatic carbocycles. The van der Waals surface area contributed by atoms with E-state index in [4.69, 9.17) is 10.0 Å². The highest BCUT2D eigenvalue weighted by Crippen LogP contribution is 2.39. The Morgan fingerprint density at radius 2 is 2.00 bits per heavy atom. The lowest BCUT2D eigenvalue weighted by Crippen LogP contribution is -2.16. The molecule has 1 saturated carbocycles. The van der Waals surface area contributed by atoms with Gasteiger partial charge in [0.15, 0.2) is 0 Å². The Labute approximate surface area is 113 Å². The molecule has 0 unspecified atom stereocenters. The quantitative estimate of drug-likeness (QED) is 0.601. The first kappa shape index (κ1) is 13.7. The van der Waals surface area contributed by atoms with E-state index in [9.17, 15) is 0 Å². The molecule has 5 heteroatoms. The Hall–Kier alpha value is -1.72. The van der Waals surface area contributed by atoms with E-state index in [0.29, 0.717) is 6.54 Å². The van der Waals surface area contributed by atoms with Gasteiger partial charge in [-0.25, -0.2) is 0 Å². The maximum atomic E-state index is 9.05. The van der Waals surface area contributed by atoms with Crippen molar-refractivity contribution in [1.29, 1.82) is 0 Å². The van der Waals surface area contributed by atoms with Gasteiger partial charge >= 0.3 is 7.12 Å². The second kappa shape index (κ2) is 6.45. The molecule has 1 aliphatic rings. The first-order chi connectivity index (χ1) is 9.20. The molecule has 0 atom stereocenters. The molecule has 0 heterocycles. The summed E-state index contributed by atoms with van der Waals surface area (Å²) in [6.45, 7) is 3.78. The normalized spacial score (nSPS) is 15.8. The summed E-state index contributed by atoms with van der Waals surface area (Å²) in [6, 6.07) is 8.42. The van der Waals surface area contributed by atoms with Crippen LogP contribution in [0.15, 0.2) is 45.9 Å². The summed E-state index contributed by atoms with van der Waals surface area (Å²) in [7, 11) is -1.58. The van der Waals surface area contributed by atoms with Crippen LogP contribution in [0.3, 0.4) is 0 Å². The third kappa shape index (κ3) is 4.15. The number of allylic oxidation sites excluding steroid dienone is 1.